The van der Waals surface area contributed by atoms with Gasteiger partial charge in [-0.2, -0.15) is 0 Å². The number of hydrogen-bond donors (Lipinski definition) is 0. The van der Waals surface area contributed by atoms with Gasteiger partial charge in [0.15, 0.2) is 0 Å². The molecule has 0 aromatic carbocycles. The Bertz CT molecular complexity index is 346. The Morgan fingerprint density at radius 1 is 1.33 bits per heavy atom. The smallest absolute Gasteiger partial charge is 0.228 e. The highest BCUT2D eigenvalue weighted by Gasteiger charge is 2.38. The number of nitrogens with zero attached hydrogens (tertiary/aromatic N) is 1. The summed E-state index contributed by atoms with van der Waals surface area (Å²) in [6, 6.07) is 0. The summed E-state index contributed by atoms with van der Waals surface area (Å²) in [5.41, 5.74) is 0.391. The Hall–Kier alpha value is -0.830. The number of hydrogen-bond acceptors (Lipinski definition) is 2. The normalized spacial score (nSPS) is 36.2. The molecule has 1 aliphatic carbocycles. The zero-order valence-electron chi connectivity index (χ0n) is 11.1. The standard InChI is InChI=1S/C15H23NO2/c17-14(13-5-10-18-11-13)16-9-4-8-15(12-16)6-2-1-3-7-15/h1-2,13H,3-12H2/t13-,15+/m0/s1. The second-order valence-corrected chi connectivity index (χ2v) is 6.14. The van der Waals surface area contributed by atoms with Crippen LogP contribution in [0.1, 0.15) is 38.5 Å². The topological polar surface area (TPSA) is 29.5 Å². The van der Waals surface area contributed by atoms with Crippen molar-refractivity contribution in [3.8, 4) is 0 Å². The molecule has 100 valence electrons. The van der Waals surface area contributed by atoms with Crippen LogP contribution in [0.4, 0.5) is 0 Å². The molecular weight excluding hydrogens is 226 g/mol. The van der Waals surface area contributed by atoms with Crippen molar-refractivity contribution in [2.45, 2.75) is 38.5 Å². The first-order valence-electron chi connectivity index (χ1n) is 7.31. The third kappa shape index (κ3) is 2.33. The minimum Gasteiger partial charge on any atom is -0.381 e. The number of rotatable bonds is 1. The van der Waals surface area contributed by atoms with Crippen LogP contribution in [0, 0.1) is 11.3 Å². The Kier molecular flexibility index (Phi) is 3.42. The molecule has 2 aliphatic heterocycles. The lowest BCUT2D eigenvalue weighted by Gasteiger charge is -2.44. The van der Waals surface area contributed by atoms with E-state index in [0.29, 0.717) is 17.9 Å². The first kappa shape index (κ1) is 12.2. The number of carbonyl (C=O) groups is 1. The van der Waals surface area contributed by atoms with Gasteiger partial charge in [0.05, 0.1) is 12.5 Å². The van der Waals surface area contributed by atoms with Crippen LogP contribution in [0.3, 0.4) is 0 Å². The Balaban J connectivity index is 1.66. The maximum absolute atomic E-state index is 12.5. The molecule has 3 heteroatoms. The fourth-order valence-corrected chi connectivity index (χ4v) is 3.70. The molecule has 3 aliphatic rings. The summed E-state index contributed by atoms with van der Waals surface area (Å²) in [7, 11) is 0. The van der Waals surface area contributed by atoms with E-state index in [1.165, 1.54) is 25.7 Å². The van der Waals surface area contributed by atoms with Crippen LogP contribution in [-0.2, 0) is 9.53 Å². The summed E-state index contributed by atoms with van der Waals surface area (Å²) >= 11 is 0. The lowest BCUT2D eigenvalue weighted by Crippen LogP contribution is -2.48. The van der Waals surface area contributed by atoms with Crippen molar-refractivity contribution in [1.82, 2.24) is 4.90 Å². The molecule has 0 aromatic heterocycles. The lowest BCUT2D eigenvalue weighted by molar-refractivity contribution is -0.139. The second-order valence-electron chi connectivity index (χ2n) is 6.14. The van der Waals surface area contributed by atoms with Gasteiger partial charge >= 0.3 is 0 Å². The quantitative estimate of drug-likeness (QED) is 0.668. The van der Waals surface area contributed by atoms with E-state index >= 15 is 0 Å². The highest BCUT2D eigenvalue weighted by atomic mass is 16.5. The van der Waals surface area contributed by atoms with Gasteiger partial charge in [-0.3, -0.25) is 4.79 Å². The van der Waals surface area contributed by atoms with Crippen molar-refractivity contribution >= 4 is 5.91 Å². The fraction of sp³-hybridized carbons (Fsp3) is 0.800. The third-order valence-corrected chi connectivity index (χ3v) is 4.81. The molecule has 2 atom stereocenters. The first-order chi connectivity index (χ1) is 8.79. The van der Waals surface area contributed by atoms with Gasteiger partial charge in [0, 0.05) is 19.7 Å². The summed E-state index contributed by atoms with van der Waals surface area (Å²) < 4.78 is 5.35. The average molecular weight is 249 g/mol. The first-order valence-corrected chi connectivity index (χ1v) is 7.31. The van der Waals surface area contributed by atoms with E-state index in [1.807, 2.05) is 0 Å². The molecule has 0 aromatic rings. The van der Waals surface area contributed by atoms with Crippen LogP contribution >= 0.6 is 0 Å². The zero-order valence-corrected chi connectivity index (χ0v) is 11.1. The highest BCUT2D eigenvalue weighted by molar-refractivity contribution is 5.79. The summed E-state index contributed by atoms with van der Waals surface area (Å²) in [5.74, 6) is 0.486. The molecule has 2 heterocycles. The molecule has 0 saturated carbocycles. The van der Waals surface area contributed by atoms with Gasteiger partial charge in [-0.05, 0) is 43.9 Å². The summed E-state index contributed by atoms with van der Waals surface area (Å²) in [6.45, 7) is 3.34. The SMILES string of the molecule is O=C([C@H]1CCOC1)N1CCC[C@]2(CC=CCC2)C1. The van der Waals surface area contributed by atoms with Crippen LogP contribution in [0.5, 0.6) is 0 Å². The Labute approximate surface area is 109 Å². The van der Waals surface area contributed by atoms with Crippen molar-refractivity contribution in [3.05, 3.63) is 12.2 Å². The van der Waals surface area contributed by atoms with Gasteiger partial charge in [-0.15, -0.1) is 0 Å². The predicted molar refractivity (Wildman–Crippen MR) is 70.2 cm³/mol. The van der Waals surface area contributed by atoms with Crippen LogP contribution in [0.2, 0.25) is 0 Å². The number of carbonyl (C=O) groups excluding carboxylic acids is 1. The maximum atomic E-state index is 12.5. The van der Waals surface area contributed by atoms with E-state index in [-0.39, 0.29) is 5.92 Å². The van der Waals surface area contributed by atoms with E-state index in [0.717, 1.165) is 32.5 Å². The maximum Gasteiger partial charge on any atom is 0.228 e. The van der Waals surface area contributed by atoms with Crippen LogP contribution < -0.4 is 0 Å². The van der Waals surface area contributed by atoms with Crippen LogP contribution in [-0.4, -0.2) is 37.1 Å². The number of amides is 1. The van der Waals surface area contributed by atoms with Crippen LogP contribution in [0.25, 0.3) is 0 Å². The van der Waals surface area contributed by atoms with Crippen molar-refractivity contribution < 1.29 is 9.53 Å². The summed E-state index contributed by atoms with van der Waals surface area (Å²) in [4.78, 5) is 14.6. The number of likely N-dealkylation sites (tertiary alicyclic amines) is 1. The number of piperidine rings is 1. The van der Waals surface area contributed by atoms with Crippen molar-refractivity contribution in [3.63, 3.8) is 0 Å². The lowest BCUT2D eigenvalue weighted by atomic mass is 9.71. The minimum atomic E-state index is 0.138. The molecule has 0 N–H and O–H groups in total. The molecule has 0 unspecified atom stereocenters. The van der Waals surface area contributed by atoms with E-state index in [4.69, 9.17) is 4.74 Å². The number of ether oxygens (including phenoxy) is 1. The molecule has 0 bridgehead atoms. The largest absolute Gasteiger partial charge is 0.381 e. The molecule has 1 spiro atoms. The second kappa shape index (κ2) is 5.04. The predicted octanol–water partition coefficient (Wildman–Crippen LogP) is 2.37. The third-order valence-electron chi connectivity index (χ3n) is 4.81. The molecular formula is C15H23NO2. The van der Waals surface area contributed by atoms with Gasteiger partial charge in [-0.25, -0.2) is 0 Å². The summed E-state index contributed by atoms with van der Waals surface area (Å²) in [5, 5.41) is 0. The van der Waals surface area contributed by atoms with E-state index in [9.17, 15) is 4.79 Å². The van der Waals surface area contributed by atoms with E-state index < -0.39 is 0 Å². The molecule has 0 radical (unpaired) electrons. The van der Waals surface area contributed by atoms with E-state index in [2.05, 4.69) is 17.1 Å². The molecule has 3 rings (SSSR count). The number of allylic oxidation sites excluding steroid dienone is 2. The monoisotopic (exact) mass is 249 g/mol. The van der Waals surface area contributed by atoms with Gasteiger partial charge in [-0.1, -0.05) is 12.2 Å². The van der Waals surface area contributed by atoms with Gasteiger partial charge < -0.3 is 9.64 Å². The van der Waals surface area contributed by atoms with Crippen molar-refractivity contribution in [1.29, 1.82) is 0 Å². The van der Waals surface area contributed by atoms with Crippen LogP contribution in [0.15, 0.2) is 12.2 Å². The molecule has 2 saturated heterocycles. The Morgan fingerprint density at radius 3 is 3.00 bits per heavy atom. The van der Waals surface area contributed by atoms with E-state index in [1.54, 1.807) is 0 Å². The van der Waals surface area contributed by atoms with Gasteiger partial charge in [0.2, 0.25) is 5.91 Å². The highest BCUT2D eigenvalue weighted by Crippen LogP contribution is 2.41. The molecule has 18 heavy (non-hydrogen) atoms. The van der Waals surface area contributed by atoms with Gasteiger partial charge in [0.25, 0.3) is 0 Å². The minimum absolute atomic E-state index is 0.138. The van der Waals surface area contributed by atoms with Crippen molar-refractivity contribution in [2.75, 3.05) is 26.3 Å². The zero-order chi connectivity index (χ0) is 12.4. The van der Waals surface area contributed by atoms with Gasteiger partial charge in [0.1, 0.15) is 0 Å². The summed E-state index contributed by atoms with van der Waals surface area (Å²) in [6.07, 6.45) is 11.6. The molecule has 1 amide bonds. The van der Waals surface area contributed by atoms with Crippen molar-refractivity contribution in [2.24, 2.45) is 11.3 Å². The average Bonchev–Trinajstić information content (AvgIpc) is 2.93. The molecule has 3 nitrogen and oxygen atoms in total. The fourth-order valence-electron chi connectivity index (χ4n) is 3.70. The molecule has 2 fully saturated rings. The Morgan fingerprint density at radius 2 is 2.28 bits per heavy atom.